The summed E-state index contributed by atoms with van der Waals surface area (Å²) in [5.74, 6) is -2.76. The van der Waals surface area contributed by atoms with Gasteiger partial charge in [-0.05, 0) is 38.2 Å². The second kappa shape index (κ2) is 6.00. The first kappa shape index (κ1) is 16.1. The lowest BCUT2D eigenvalue weighted by molar-refractivity contribution is -0.0249. The molecule has 0 radical (unpaired) electrons. The highest BCUT2D eigenvalue weighted by Crippen LogP contribution is 2.34. The van der Waals surface area contributed by atoms with E-state index in [-0.39, 0.29) is 23.4 Å². The Balaban J connectivity index is 2.71. The molecule has 0 heterocycles. The summed E-state index contributed by atoms with van der Waals surface area (Å²) in [6, 6.07) is 6.66. The molecule has 0 aliphatic carbocycles. The average Bonchev–Trinajstić information content (AvgIpc) is 2.24. The first-order chi connectivity index (χ1) is 8.60. The summed E-state index contributed by atoms with van der Waals surface area (Å²) in [5, 5.41) is 0. The standard InChI is InChI=1S/C16H25F2N/c1-12(2)11-16(17,18)14-7-5-13(6-8-14)9-10-15(3,4)19/h5-8,12H,9-11,19H2,1-4H3. The van der Waals surface area contributed by atoms with Gasteiger partial charge in [0.25, 0.3) is 5.92 Å². The molecular weight excluding hydrogens is 244 g/mol. The van der Waals surface area contributed by atoms with Crippen LogP contribution in [0.1, 0.15) is 51.7 Å². The van der Waals surface area contributed by atoms with Crippen LogP contribution in [0.25, 0.3) is 0 Å². The number of nitrogens with two attached hydrogens (primary N) is 1. The van der Waals surface area contributed by atoms with Crippen molar-refractivity contribution in [1.29, 1.82) is 0 Å². The number of halogens is 2. The van der Waals surface area contributed by atoms with E-state index in [1.807, 2.05) is 27.7 Å². The molecule has 0 unspecified atom stereocenters. The van der Waals surface area contributed by atoms with Crippen LogP contribution in [0.15, 0.2) is 24.3 Å². The third-order valence-corrected chi connectivity index (χ3v) is 3.10. The van der Waals surface area contributed by atoms with E-state index in [9.17, 15) is 8.78 Å². The van der Waals surface area contributed by atoms with E-state index < -0.39 is 5.92 Å². The van der Waals surface area contributed by atoms with Gasteiger partial charge in [-0.3, -0.25) is 0 Å². The summed E-state index contributed by atoms with van der Waals surface area (Å²) in [4.78, 5) is 0. The molecule has 0 saturated carbocycles. The molecule has 1 rings (SSSR count). The summed E-state index contributed by atoms with van der Waals surface area (Å²) in [6.07, 6.45) is 1.55. The van der Waals surface area contributed by atoms with Gasteiger partial charge in [0.2, 0.25) is 0 Å². The van der Waals surface area contributed by atoms with E-state index in [1.165, 1.54) is 0 Å². The number of rotatable bonds is 6. The van der Waals surface area contributed by atoms with Crippen LogP contribution in [0.4, 0.5) is 8.78 Å². The molecule has 1 nitrogen and oxygen atoms in total. The molecule has 108 valence electrons. The number of hydrogen-bond donors (Lipinski definition) is 1. The van der Waals surface area contributed by atoms with Crippen LogP contribution >= 0.6 is 0 Å². The fraction of sp³-hybridized carbons (Fsp3) is 0.625. The lowest BCUT2D eigenvalue weighted by Crippen LogP contribution is -2.32. The molecule has 0 atom stereocenters. The van der Waals surface area contributed by atoms with E-state index in [4.69, 9.17) is 5.73 Å². The molecule has 0 aliphatic rings. The summed E-state index contributed by atoms with van der Waals surface area (Å²) in [7, 11) is 0. The normalized spacial score (nSPS) is 13.1. The first-order valence-corrected chi connectivity index (χ1v) is 6.86. The zero-order valence-electron chi connectivity index (χ0n) is 12.3. The quantitative estimate of drug-likeness (QED) is 0.808. The fourth-order valence-electron chi connectivity index (χ4n) is 2.01. The second-order valence-electron chi connectivity index (χ2n) is 6.49. The second-order valence-corrected chi connectivity index (χ2v) is 6.49. The van der Waals surface area contributed by atoms with Crippen molar-refractivity contribution in [3.05, 3.63) is 35.4 Å². The van der Waals surface area contributed by atoms with Crippen molar-refractivity contribution in [2.75, 3.05) is 0 Å². The highest BCUT2D eigenvalue weighted by Gasteiger charge is 2.32. The van der Waals surface area contributed by atoms with Gasteiger partial charge < -0.3 is 5.73 Å². The Morgan fingerprint density at radius 1 is 1.11 bits per heavy atom. The van der Waals surface area contributed by atoms with Crippen molar-refractivity contribution >= 4 is 0 Å². The van der Waals surface area contributed by atoms with E-state index >= 15 is 0 Å². The van der Waals surface area contributed by atoms with Crippen LogP contribution in [-0.4, -0.2) is 5.54 Å². The predicted octanol–water partition coefficient (Wildman–Crippen LogP) is 4.49. The van der Waals surface area contributed by atoms with Gasteiger partial charge in [0.1, 0.15) is 0 Å². The maximum Gasteiger partial charge on any atom is 0.273 e. The topological polar surface area (TPSA) is 26.0 Å². The molecule has 0 saturated heterocycles. The summed E-state index contributed by atoms with van der Waals surface area (Å²) in [6.45, 7) is 7.56. The third-order valence-electron chi connectivity index (χ3n) is 3.10. The minimum absolute atomic E-state index is 0.0206. The maximum atomic E-state index is 13.9. The minimum Gasteiger partial charge on any atom is -0.326 e. The average molecular weight is 269 g/mol. The number of alkyl halides is 2. The van der Waals surface area contributed by atoms with E-state index in [1.54, 1.807) is 24.3 Å². The first-order valence-electron chi connectivity index (χ1n) is 6.86. The summed E-state index contributed by atoms with van der Waals surface area (Å²) >= 11 is 0. The Labute approximate surface area is 115 Å². The Kier molecular flexibility index (Phi) is 5.08. The molecular formula is C16H25F2N. The van der Waals surface area contributed by atoms with Gasteiger partial charge in [-0.2, -0.15) is 0 Å². The molecule has 0 amide bonds. The molecule has 0 bridgehead atoms. The van der Waals surface area contributed by atoms with Crippen molar-refractivity contribution in [2.24, 2.45) is 11.7 Å². The fourth-order valence-corrected chi connectivity index (χ4v) is 2.01. The van der Waals surface area contributed by atoms with Crippen molar-refractivity contribution in [2.45, 2.75) is 58.4 Å². The Morgan fingerprint density at radius 3 is 2.05 bits per heavy atom. The van der Waals surface area contributed by atoms with Crippen molar-refractivity contribution < 1.29 is 8.78 Å². The SMILES string of the molecule is CC(C)CC(F)(F)c1ccc(CCC(C)(C)N)cc1. The monoisotopic (exact) mass is 269 g/mol. The number of aryl methyl sites for hydroxylation is 1. The van der Waals surface area contributed by atoms with Crippen molar-refractivity contribution in [3.63, 3.8) is 0 Å². The third kappa shape index (κ3) is 5.68. The van der Waals surface area contributed by atoms with Crippen LogP contribution in [-0.2, 0) is 12.3 Å². The molecule has 0 aliphatic heterocycles. The smallest absolute Gasteiger partial charge is 0.273 e. The molecule has 1 aromatic carbocycles. The largest absolute Gasteiger partial charge is 0.326 e. The van der Waals surface area contributed by atoms with Gasteiger partial charge in [0, 0.05) is 17.5 Å². The zero-order valence-corrected chi connectivity index (χ0v) is 12.3. The molecule has 0 spiro atoms. The Morgan fingerprint density at radius 2 is 1.63 bits per heavy atom. The maximum absolute atomic E-state index is 13.9. The van der Waals surface area contributed by atoms with E-state index in [0.717, 1.165) is 18.4 Å². The molecule has 0 fully saturated rings. The molecule has 0 aromatic heterocycles. The summed E-state index contributed by atoms with van der Waals surface area (Å²) < 4.78 is 27.8. The van der Waals surface area contributed by atoms with Crippen LogP contribution < -0.4 is 5.73 Å². The zero-order chi connectivity index (χ0) is 14.7. The molecule has 3 heteroatoms. The molecule has 19 heavy (non-hydrogen) atoms. The number of hydrogen-bond acceptors (Lipinski definition) is 1. The van der Waals surface area contributed by atoms with Crippen molar-refractivity contribution in [1.82, 2.24) is 0 Å². The van der Waals surface area contributed by atoms with E-state index in [0.29, 0.717) is 0 Å². The highest BCUT2D eigenvalue weighted by atomic mass is 19.3. The Bertz CT molecular complexity index is 388. The van der Waals surface area contributed by atoms with Crippen molar-refractivity contribution in [3.8, 4) is 0 Å². The molecule has 2 N–H and O–H groups in total. The van der Waals surface area contributed by atoms with Gasteiger partial charge in [-0.1, -0.05) is 38.1 Å². The van der Waals surface area contributed by atoms with Gasteiger partial charge in [0.05, 0.1) is 0 Å². The lowest BCUT2D eigenvalue weighted by atomic mass is 9.94. The van der Waals surface area contributed by atoms with Crippen LogP contribution in [0.2, 0.25) is 0 Å². The minimum atomic E-state index is -2.74. The van der Waals surface area contributed by atoms with Gasteiger partial charge in [-0.15, -0.1) is 0 Å². The molecule has 1 aromatic rings. The predicted molar refractivity (Wildman–Crippen MR) is 76.4 cm³/mol. The van der Waals surface area contributed by atoms with Crippen LogP contribution in [0.3, 0.4) is 0 Å². The van der Waals surface area contributed by atoms with Crippen LogP contribution in [0.5, 0.6) is 0 Å². The van der Waals surface area contributed by atoms with Crippen LogP contribution in [0, 0.1) is 5.92 Å². The highest BCUT2D eigenvalue weighted by molar-refractivity contribution is 5.26. The lowest BCUT2D eigenvalue weighted by Gasteiger charge is -2.20. The van der Waals surface area contributed by atoms with Gasteiger partial charge in [0.15, 0.2) is 0 Å². The van der Waals surface area contributed by atoms with E-state index in [2.05, 4.69) is 0 Å². The van der Waals surface area contributed by atoms with Gasteiger partial charge in [-0.25, -0.2) is 8.78 Å². The van der Waals surface area contributed by atoms with Gasteiger partial charge >= 0.3 is 0 Å². The Hall–Kier alpha value is -0.960. The number of benzene rings is 1. The summed E-state index contributed by atoms with van der Waals surface area (Å²) in [5.41, 5.74) is 6.86.